The average molecular weight is 345 g/mol. The molecule has 0 amide bonds. The first kappa shape index (κ1) is 17.1. The molecule has 0 aromatic heterocycles. The highest BCUT2D eigenvalue weighted by Crippen LogP contribution is 2.46. The molecule has 2 aromatic carbocycles. The summed E-state index contributed by atoms with van der Waals surface area (Å²) in [5.74, 6) is 0.203. The van der Waals surface area contributed by atoms with Crippen molar-refractivity contribution in [2.75, 3.05) is 11.4 Å². The first-order chi connectivity index (χ1) is 12.6. The molecule has 0 spiro atoms. The number of rotatable bonds is 5. The van der Waals surface area contributed by atoms with Crippen LogP contribution in [0.2, 0.25) is 0 Å². The Morgan fingerprint density at radius 3 is 2.69 bits per heavy atom. The number of Topliss-reactive ketones (excluding diaryl/α,β-unsaturated/α-hetero) is 1. The third-order valence-electron chi connectivity index (χ3n) is 5.87. The number of anilines is 1. The second kappa shape index (κ2) is 6.75. The first-order valence-electron chi connectivity index (χ1n) is 9.86. The predicted octanol–water partition coefficient (Wildman–Crippen LogP) is 5.67. The van der Waals surface area contributed by atoms with Gasteiger partial charge in [-0.1, -0.05) is 61.9 Å². The van der Waals surface area contributed by atoms with Crippen molar-refractivity contribution in [3.63, 3.8) is 0 Å². The quantitative estimate of drug-likeness (QED) is 0.651. The second-order valence-electron chi connectivity index (χ2n) is 7.68. The van der Waals surface area contributed by atoms with Crippen LogP contribution in [0.15, 0.2) is 54.6 Å². The molecule has 2 aliphatic heterocycles. The standard InChI is InChI=1S/C24H27NO/c1-3-4-10-20-17-24(2,23(26)19-11-6-5-7-12-19)25-16-9-14-18-13-8-15-21(20)22(18)25/h5-8,11-13,15,17H,3-4,9-10,14,16H2,1-2H3. The molecule has 0 radical (unpaired) electrons. The minimum atomic E-state index is -0.603. The Balaban J connectivity index is 1.86. The molecular formula is C24H27NO. The molecule has 2 nitrogen and oxygen atoms in total. The van der Waals surface area contributed by atoms with Gasteiger partial charge in [0.15, 0.2) is 5.78 Å². The first-order valence-corrected chi connectivity index (χ1v) is 9.86. The van der Waals surface area contributed by atoms with Crippen LogP contribution in [0.4, 0.5) is 5.69 Å². The maximum Gasteiger partial charge on any atom is 0.192 e. The number of carbonyl (C=O) groups is 1. The van der Waals surface area contributed by atoms with Gasteiger partial charge < -0.3 is 4.90 Å². The number of aryl methyl sites for hydroxylation is 1. The van der Waals surface area contributed by atoms with Gasteiger partial charge in [0.25, 0.3) is 0 Å². The molecule has 0 saturated heterocycles. The van der Waals surface area contributed by atoms with Crippen LogP contribution in [-0.4, -0.2) is 17.9 Å². The number of hydrogen-bond donors (Lipinski definition) is 0. The van der Waals surface area contributed by atoms with Crippen LogP contribution < -0.4 is 4.90 Å². The van der Waals surface area contributed by atoms with Crippen LogP contribution in [0.5, 0.6) is 0 Å². The summed E-state index contributed by atoms with van der Waals surface area (Å²) in [7, 11) is 0. The molecule has 0 saturated carbocycles. The number of carbonyl (C=O) groups excluding carboxylic acids is 1. The van der Waals surface area contributed by atoms with Crippen molar-refractivity contribution in [1.82, 2.24) is 0 Å². The van der Waals surface area contributed by atoms with E-state index >= 15 is 0 Å². The number of para-hydroxylation sites is 1. The fourth-order valence-electron chi connectivity index (χ4n) is 4.51. The fourth-order valence-corrected chi connectivity index (χ4v) is 4.51. The Kier molecular flexibility index (Phi) is 4.44. The number of nitrogens with zero attached hydrogens (tertiary/aromatic N) is 1. The molecule has 134 valence electrons. The van der Waals surface area contributed by atoms with Gasteiger partial charge in [-0.05, 0) is 49.8 Å². The van der Waals surface area contributed by atoms with Gasteiger partial charge in [-0.3, -0.25) is 4.79 Å². The summed E-state index contributed by atoms with van der Waals surface area (Å²) in [4.78, 5) is 15.9. The van der Waals surface area contributed by atoms with Crippen molar-refractivity contribution in [2.45, 2.75) is 51.5 Å². The Bertz CT molecular complexity index is 852. The van der Waals surface area contributed by atoms with Gasteiger partial charge in [0.2, 0.25) is 0 Å². The lowest BCUT2D eigenvalue weighted by atomic mass is 9.77. The van der Waals surface area contributed by atoms with Gasteiger partial charge >= 0.3 is 0 Å². The van der Waals surface area contributed by atoms with E-state index in [1.165, 1.54) is 28.8 Å². The second-order valence-corrected chi connectivity index (χ2v) is 7.68. The number of hydrogen-bond acceptors (Lipinski definition) is 2. The third kappa shape index (κ3) is 2.68. The highest BCUT2D eigenvalue weighted by molar-refractivity contribution is 6.09. The summed E-state index contributed by atoms with van der Waals surface area (Å²) >= 11 is 0. The van der Waals surface area contributed by atoms with Crippen LogP contribution in [0, 0.1) is 0 Å². The van der Waals surface area contributed by atoms with Crippen molar-refractivity contribution < 1.29 is 4.79 Å². The molecule has 2 aliphatic rings. The largest absolute Gasteiger partial charge is 0.355 e. The maximum absolute atomic E-state index is 13.6. The van der Waals surface area contributed by atoms with E-state index in [0.29, 0.717) is 0 Å². The maximum atomic E-state index is 13.6. The lowest BCUT2D eigenvalue weighted by Gasteiger charge is -2.47. The zero-order chi connectivity index (χ0) is 18.1. The van der Waals surface area contributed by atoms with E-state index in [0.717, 1.165) is 37.8 Å². The summed E-state index contributed by atoms with van der Waals surface area (Å²) < 4.78 is 0. The Morgan fingerprint density at radius 2 is 1.92 bits per heavy atom. The van der Waals surface area contributed by atoms with Gasteiger partial charge in [-0.25, -0.2) is 0 Å². The molecule has 2 heteroatoms. The van der Waals surface area contributed by atoms with Gasteiger partial charge in [-0.2, -0.15) is 0 Å². The molecule has 4 rings (SSSR count). The van der Waals surface area contributed by atoms with E-state index < -0.39 is 5.54 Å². The highest BCUT2D eigenvalue weighted by Gasteiger charge is 2.43. The molecule has 1 unspecified atom stereocenters. The van der Waals surface area contributed by atoms with E-state index in [1.54, 1.807) is 0 Å². The number of benzene rings is 2. The monoisotopic (exact) mass is 345 g/mol. The zero-order valence-corrected chi connectivity index (χ0v) is 15.8. The summed E-state index contributed by atoms with van der Waals surface area (Å²) in [6.45, 7) is 5.28. The molecule has 0 aliphatic carbocycles. The van der Waals surface area contributed by atoms with Crippen molar-refractivity contribution in [2.24, 2.45) is 0 Å². The molecule has 1 atom stereocenters. The van der Waals surface area contributed by atoms with Crippen molar-refractivity contribution >= 4 is 17.0 Å². The van der Waals surface area contributed by atoms with E-state index in [2.05, 4.69) is 43.0 Å². The molecule has 0 bridgehead atoms. The van der Waals surface area contributed by atoms with Crippen molar-refractivity contribution in [3.05, 3.63) is 71.3 Å². The third-order valence-corrected chi connectivity index (χ3v) is 5.87. The number of allylic oxidation sites excluding steroid dienone is 1. The number of ketones is 1. The van der Waals surface area contributed by atoms with Crippen molar-refractivity contribution in [1.29, 1.82) is 0 Å². The minimum Gasteiger partial charge on any atom is -0.355 e. The van der Waals surface area contributed by atoms with E-state index in [4.69, 9.17) is 0 Å². The topological polar surface area (TPSA) is 20.3 Å². The fraction of sp³-hybridized carbons (Fsp3) is 0.375. The normalized spacial score (nSPS) is 21.2. The van der Waals surface area contributed by atoms with Crippen LogP contribution in [0.3, 0.4) is 0 Å². The Hall–Kier alpha value is -2.35. The summed E-state index contributed by atoms with van der Waals surface area (Å²) in [5, 5.41) is 0. The molecule has 2 heterocycles. The van der Waals surface area contributed by atoms with E-state index in [-0.39, 0.29) is 5.78 Å². The average Bonchev–Trinajstić information content (AvgIpc) is 2.69. The molecule has 2 aromatic rings. The van der Waals surface area contributed by atoms with Crippen LogP contribution in [0.1, 0.15) is 61.0 Å². The van der Waals surface area contributed by atoms with E-state index in [1.807, 2.05) is 30.3 Å². The van der Waals surface area contributed by atoms with E-state index in [9.17, 15) is 4.79 Å². The van der Waals surface area contributed by atoms with Crippen LogP contribution >= 0.6 is 0 Å². The lowest BCUT2D eigenvalue weighted by molar-refractivity contribution is 0.0923. The summed E-state index contributed by atoms with van der Waals surface area (Å²) in [6.07, 6.45) is 7.83. The number of unbranched alkanes of at least 4 members (excludes halogenated alkanes) is 1. The van der Waals surface area contributed by atoms with Crippen molar-refractivity contribution in [3.8, 4) is 0 Å². The minimum absolute atomic E-state index is 0.203. The van der Waals surface area contributed by atoms with Gasteiger partial charge in [0.1, 0.15) is 5.54 Å². The lowest BCUT2D eigenvalue weighted by Crippen LogP contribution is -2.55. The molecule has 0 N–H and O–H groups in total. The van der Waals surface area contributed by atoms with Gasteiger partial charge in [-0.15, -0.1) is 0 Å². The molecule has 0 fully saturated rings. The smallest absolute Gasteiger partial charge is 0.192 e. The SMILES string of the molecule is CCCCC1=CC(C)(C(=O)c2ccccc2)N2CCCc3cccc1c32. The Morgan fingerprint density at radius 1 is 1.12 bits per heavy atom. The predicted molar refractivity (Wildman–Crippen MR) is 109 cm³/mol. The Labute approximate surface area is 156 Å². The molecular weight excluding hydrogens is 318 g/mol. The highest BCUT2D eigenvalue weighted by atomic mass is 16.1. The van der Waals surface area contributed by atoms with Gasteiger partial charge in [0.05, 0.1) is 0 Å². The van der Waals surface area contributed by atoms with Crippen LogP contribution in [0.25, 0.3) is 5.57 Å². The summed E-state index contributed by atoms with van der Waals surface area (Å²) in [5.41, 5.74) is 5.57. The van der Waals surface area contributed by atoms with Crippen LogP contribution in [-0.2, 0) is 6.42 Å². The molecule has 26 heavy (non-hydrogen) atoms. The van der Waals surface area contributed by atoms with Gasteiger partial charge in [0, 0.05) is 23.4 Å². The summed E-state index contributed by atoms with van der Waals surface area (Å²) in [6, 6.07) is 16.4. The zero-order valence-electron chi connectivity index (χ0n) is 15.8.